The van der Waals surface area contributed by atoms with Gasteiger partial charge in [-0.1, -0.05) is 37.1 Å². The standard InChI is InChI=1S/C18H28N4/c1-21-13-10-19-18(21)20-14-16-8-4-5-9-17(16)15-22-11-6-2-3-7-12-22/h4-5,8-9H,2-3,6-7,10-15H2,1H3,(H,19,20). The summed E-state index contributed by atoms with van der Waals surface area (Å²) in [6, 6.07) is 8.83. The van der Waals surface area contributed by atoms with Gasteiger partial charge in [-0.15, -0.1) is 0 Å². The quantitative estimate of drug-likeness (QED) is 0.926. The maximum atomic E-state index is 4.51. The lowest BCUT2D eigenvalue weighted by molar-refractivity contribution is 0.276. The third-order valence-electron chi connectivity index (χ3n) is 4.71. The Hall–Kier alpha value is -1.55. The van der Waals surface area contributed by atoms with Crippen LogP contribution in [0.1, 0.15) is 36.8 Å². The van der Waals surface area contributed by atoms with Gasteiger partial charge < -0.3 is 10.2 Å². The SMILES string of the molecule is CN1CCN=C1NCc1ccccc1CN1CCCCCC1. The van der Waals surface area contributed by atoms with E-state index < -0.39 is 0 Å². The highest BCUT2D eigenvalue weighted by Crippen LogP contribution is 2.16. The minimum Gasteiger partial charge on any atom is -0.352 e. The summed E-state index contributed by atoms with van der Waals surface area (Å²) in [5.74, 6) is 1.03. The molecule has 2 heterocycles. The molecule has 4 nitrogen and oxygen atoms in total. The second-order valence-corrected chi connectivity index (χ2v) is 6.44. The molecule has 2 aliphatic rings. The molecular weight excluding hydrogens is 272 g/mol. The molecule has 0 unspecified atom stereocenters. The van der Waals surface area contributed by atoms with Crippen LogP contribution in [0.25, 0.3) is 0 Å². The van der Waals surface area contributed by atoms with E-state index in [4.69, 9.17) is 0 Å². The monoisotopic (exact) mass is 300 g/mol. The highest BCUT2D eigenvalue weighted by molar-refractivity contribution is 5.81. The molecule has 1 aromatic rings. The van der Waals surface area contributed by atoms with Crippen molar-refractivity contribution in [2.24, 2.45) is 4.99 Å². The predicted octanol–water partition coefficient (Wildman–Crippen LogP) is 2.45. The maximum Gasteiger partial charge on any atom is 0.194 e. The minimum absolute atomic E-state index is 0.868. The van der Waals surface area contributed by atoms with Crippen LogP contribution in [0, 0.1) is 0 Å². The van der Waals surface area contributed by atoms with Gasteiger partial charge in [0.25, 0.3) is 0 Å². The first-order valence-corrected chi connectivity index (χ1v) is 8.61. The molecule has 1 saturated heterocycles. The lowest BCUT2D eigenvalue weighted by Crippen LogP contribution is -2.35. The summed E-state index contributed by atoms with van der Waals surface area (Å²) in [4.78, 5) is 9.32. The van der Waals surface area contributed by atoms with Gasteiger partial charge in [0.05, 0.1) is 6.54 Å². The zero-order valence-electron chi connectivity index (χ0n) is 13.7. The Morgan fingerprint density at radius 2 is 1.73 bits per heavy atom. The average Bonchev–Trinajstić information content (AvgIpc) is 2.78. The van der Waals surface area contributed by atoms with Crippen molar-refractivity contribution in [3.63, 3.8) is 0 Å². The number of guanidine groups is 1. The van der Waals surface area contributed by atoms with E-state index in [1.165, 1.54) is 49.9 Å². The molecule has 0 aromatic heterocycles. The Morgan fingerprint density at radius 1 is 1.00 bits per heavy atom. The molecule has 2 aliphatic heterocycles. The van der Waals surface area contributed by atoms with Crippen LogP contribution in [-0.2, 0) is 13.1 Å². The van der Waals surface area contributed by atoms with E-state index in [1.807, 2.05) is 0 Å². The molecule has 120 valence electrons. The highest BCUT2D eigenvalue weighted by Gasteiger charge is 2.14. The molecule has 1 fully saturated rings. The first-order valence-electron chi connectivity index (χ1n) is 8.61. The lowest BCUT2D eigenvalue weighted by Gasteiger charge is -2.22. The zero-order valence-corrected chi connectivity index (χ0v) is 13.7. The van der Waals surface area contributed by atoms with Crippen LogP contribution < -0.4 is 5.32 Å². The van der Waals surface area contributed by atoms with Gasteiger partial charge in [0.15, 0.2) is 5.96 Å². The third-order valence-corrected chi connectivity index (χ3v) is 4.71. The first-order chi connectivity index (χ1) is 10.8. The van der Waals surface area contributed by atoms with E-state index in [9.17, 15) is 0 Å². The number of likely N-dealkylation sites (tertiary alicyclic amines) is 1. The van der Waals surface area contributed by atoms with Crippen molar-refractivity contribution in [1.82, 2.24) is 15.1 Å². The van der Waals surface area contributed by atoms with Crippen LogP contribution in [0.15, 0.2) is 29.3 Å². The van der Waals surface area contributed by atoms with Crippen molar-refractivity contribution in [3.8, 4) is 0 Å². The fraction of sp³-hybridized carbons (Fsp3) is 0.611. The molecule has 0 atom stereocenters. The number of likely N-dealkylation sites (N-methyl/N-ethyl adjacent to an activating group) is 1. The molecule has 0 bridgehead atoms. The summed E-state index contributed by atoms with van der Waals surface area (Å²) in [6.45, 7) is 6.38. The predicted molar refractivity (Wildman–Crippen MR) is 92.0 cm³/mol. The van der Waals surface area contributed by atoms with E-state index in [2.05, 4.69) is 51.4 Å². The number of benzene rings is 1. The number of aliphatic imine (C=N–C) groups is 1. The molecule has 0 saturated carbocycles. The Kier molecular flexibility index (Phi) is 5.33. The van der Waals surface area contributed by atoms with Crippen LogP contribution in [-0.4, -0.2) is 49.0 Å². The largest absolute Gasteiger partial charge is 0.352 e. The summed E-state index contributed by atoms with van der Waals surface area (Å²) in [6.07, 6.45) is 5.49. The van der Waals surface area contributed by atoms with Gasteiger partial charge in [0.2, 0.25) is 0 Å². The summed E-state index contributed by atoms with van der Waals surface area (Å²) >= 11 is 0. The van der Waals surface area contributed by atoms with Crippen LogP contribution >= 0.6 is 0 Å². The summed E-state index contributed by atoms with van der Waals surface area (Å²) in [5, 5.41) is 3.50. The fourth-order valence-corrected chi connectivity index (χ4v) is 3.32. The van der Waals surface area contributed by atoms with Crippen LogP contribution in [0.3, 0.4) is 0 Å². The van der Waals surface area contributed by atoms with Crippen LogP contribution in [0.2, 0.25) is 0 Å². The first kappa shape index (κ1) is 15.3. The fourth-order valence-electron chi connectivity index (χ4n) is 3.32. The number of nitrogens with zero attached hydrogens (tertiary/aromatic N) is 3. The van der Waals surface area contributed by atoms with Gasteiger partial charge in [0.1, 0.15) is 0 Å². The van der Waals surface area contributed by atoms with E-state index in [0.717, 1.165) is 32.1 Å². The van der Waals surface area contributed by atoms with Gasteiger partial charge in [-0.3, -0.25) is 9.89 Å². The molecule has 0 spiro atoms. The maximum absolute atomic E-state index is 4.51. The number of rotatable bonds is 4. The molecule has 22 heavy (non-hydrogen) atoms. The smallest absolute Gasteiger partial charge is 0.194 e. The summed E-state index contributed by atoms with van der Waals surface area (Å²) < 4.78 is 0. The Labute approximate surface area is 134 Å². The molecule has 0 aliphatic carbocycles. The second-order valence-electron chi connectivity index (χ2n) is 6.44. The molecule has 3 rings (SSSR count). The Bertz CT molecular complexity index is 504. The van der Waals surface area contributed by atoms with Gasteiger partial charge in [-0.2, -0.15) is 0 Å². The topological polar surface area (TPSA) is 30.9 Å². The molecule has 1 N–H and O–H groups in total. The van der Waals surface area contributed by atoms with E-state index in [1.54, 1.807) is 0 Å². The van der Waals surface area contributed by atoms with E-state index >= 15 is 0 Å². The van der Waals surface area contributed by atoms with Gasteiger partial charge in [-0.05, 0) is 37.1 Å². The van der Waals surface area contributed by atoms with Crippen molar-refractivity contribution in [1.29, 1.82) is 0 Å². The normalized spacial score (nSPS) is 19.9. The molecule has 1 aromatic carbocycles. The molecule has 0 radical (unpaired) electrons. The van der Waals surface area contributed by atoms with Crippen molar-refractivity contribution < 1.29 is 0 Å². The van der Waals surface area contributed by atoms with Gasteiger partial charge >= 0.3 is 0 Å². The van der Waals surface area contributed by atoms with E-state index in [-0.39, 0.29) is 0 Å². The van der Waals surface area contributed by atoms with Gasteiger partial charge in [-0.25, -0.2) is 0 Å². The van der Waals surface area contributed by atoms with Crippen LogP contribution in [0.4, 0.5) is 0 Å². The Morgan fingerprint density at radius 3 is 2.41 bits per heavy atom. The average molecular weight is 300 g/mol. The number of nitrogens with one attached hydrogen (secondary N) is 1. The summed E-state index contributed by atoms with van der Waals surface area (Å²) in [7, 11) is 2.10. The third kappa shape index (κ3) is 4.01. The van der Waals surface area contributed by atoms with Gasteiger partial charge in [0, 0.05) is 26.7 Å². The molecule has 4 heteroatoms. The van der Waals surface area contributed by atoms with Crippen molar-refractivity contribution in [2.45, 2.75) is 38.8 Å². The lowest BCUT2D eigenvalue weighted by atomic mass is 10.1. The second kappa shape index (κ2) is 7.63. The molecular formula is C18H28N4. The van der Waals surface area contributed by atoms with Crippen molar-refractivity contribution in [2.75, 3.05) is 33.2 Å². The van der Waals surface area contributed by atoms with Crippen LogP contribution in [0.5, 0.6) is 0 Å². The molecule has 0 amide bonds. The van der Waals surface area contributed by atoms with Crippen molar-refractivity contribution >= 4 is 5.96 Å². The zero-order chi connectivity index (χ0) is 15.2. The van der Waals surface area contributed by atoms with Crippen molar-refractivity contribution in [3.05, 3.63) is 35.4 Å². The van der Waals surface area contributed by atoms with E-state index in [0.29, 0.717) is 0 Å². The number of hydrogen-bond acceptors (Lipinski definition) is 4. The number of hydrogen-bond donors (Lipinski definition) is 1. The summed E-state index contributed by atoms with van der Waals surface area (Å²) in [5.41, 5.74) is 2.85. The highest BCUT2D eigenvalue weighted by atomic mass is 15.3. The minimum atomic E-state index is 0.868. The Balaban J connectivity index is 1.61.